The number of hydrogen-bond acceptors (Lipinski definition) is 5. The van der Waals surface area contributed by atoms with E-state index in [1.165, 1.54) is 12.0 Å². The van der Waals surface area contributed by atoms with E-state index >= 15 is 0 Å². The maximum Gasteiger partial charge on any atom is 0.407 e. The minimum Gasteiger partial charge on any atom is -0.479 e. The van der Waals surface area contributed by atoms with Gasteiger partial charge in [-0.2, -0.15) is 0 Å². The van der Waals surface area contributed by atoms with Crippen molar-refractivity contribution in [3.05, 3.63) is 59.7 Å². The fourth-order valence-corrected chi connectivity index (χ4v) is 4.79. The van der Waals surface area contributed by atoms with Crippen molar-refractivity contribution in [1.82, 2.24) is 10.2 Å². The summed E-state index contributed by atoms with van der Waals surface area (Å²) in [5.74, 6) is -1.54. The Labute approximate surface area is 192 Å². The minimum atomic E-state index is -1.42. The van der Waals surface area contributed by atoms with Gasteiger partial charge in [0.25, 0.3) is 0 Å². The van der Waals surface area contributed by atoms with Crippen LogP contribution < -0.4 is 5.32 Å². The Hall–Kier alpha value is -3.39. The summed E-state index contributed by atoms with van der Waals surface area (Å²) >= 11 is 0. The predicted octanol–water partition coefficient (Wildman–Crippen LogP) is 3.01. The summed E-state index contributed by atoms with van der Waals surface area (Å²) in [5, 5.41) is 12.1. The second-order valence-electron chi connectivity index (χ2n) is 8.56. The molecule has 33 heavy (non-hydrogen) atoms. The van der Waals surface area contributed by atoms with Gasteiger partial charge < -0.3 is 24.8 Å². The van der Waals surface area contributed by atoms with Gasteiger partial charge in [0.15, 0.2) is 5.60 Å². The highest BCUT2D eigenvalue weighted by Crippen LogP contribution is 2.44. The predicted molar refractivity (Wildman–Crippen MR) is 121 cm³/mol. The van der Waals surface area contributed by atoms with Crippen LogP contribution in [-0.4, -0.2) is 66.4 Å². The number of aliphatic carboxylic acids is 1. The number of amides is 2. The van der Waals surface area contributed by atoms with Gasteiger partial charge in [0.05, 0.1) is 6.54 Å². The summed E-state index contributed by atoms with van der Waals surface area (Å²) in [6, 6.07) is 15.2. The first-order valence-corrected chi connectivity index (χ1v) is 11.0. The number of fused-ring (bicyclic) bond motifs is 3. The number of ether oxygens (including phenoxy) is 2. The van der Waals surface area contributed by atoms with Gasteiger partial charge in [-0.15, -0.1) is 0 Å². The molecule has 0 spiro atoms. The van der Waals surface area contributed by atoms with Gasteiger partial charge >= 0.3 is 12.1 Å². The molecule has 0 aromatic heterocycles. The van der Waals surface area contributed by atoms with Crippen LogP contribution in [0.3, 0.4) is 0 Å². The number of rotatable bonds is 6. The number of carbonyl (C=O) groups excluding carboxylic acids is 2. The van der Waals surface area contributed by atoms with Crippen molar-refractivity contribution < 1.29 is 29.0 Å². The van der Waals surface area contributed by atoms with E-state index in [2.05, 4.69) is 17.4 Å². The van der Waals surface area contributed by atoms with E-state index in [0.717, 1.165) is 22.3 Å². The Morgan fingerprint density at radius 3 is 2.30 bits per heavy atom. The molecule has 1 fully saturated rings. The van der Waals surface area contributed by atoms with Crippen molar-refractivity contribution in [2.75, 3.05) is 26.8 Å². The van der Waals surface area contributed by atoms with Gasteiger partial charge in [0.1, 0.15) is 12.6 Å². The first-order chi connectivity index (χ1) is 15.9. The third-order valence-electron chi connectivity index (χ3n) is 6.60. The molecule has 0 saturated carbocycles. The summed E-state index contributed by atoms with van der Waals surface area (Å²) in [4.78, 5) is 38.4. The number of methoxy groups -OCH3 is 1. The average molecular weight is 453 g/mol. The van der Waals surface area contributed by atoms with E-state index in [9.17, 15) is 19.5 Å². The molecule has 2 aromatic rings. The minimum absolute atomic E-state index is 0.0611. The van der Waals surface area contributed by atoms with Gasteiger partial charge in [-0.3, -0.25) is 4.79 Å². The standard InChI is InChI=1S/C25H28N2O6/c1-16(22(28)27-13-7-12-25(15-27,32-2)23(29)30)26-24(31)33-14-21-19-10-5-3-8-17(19)18-9-4-6-11-20(18)21/h3-6,8-11,16,21H,7,12-15H2,1-2H3,(H,26,31)(H,29,30)/t16-,25?/m1/s1. The molecule has 1 unspecified atom stereocenters. The Kier molecular flexibility index (Phi) is 6.37. The molecule has 8 heteroatoms. The molecule has 2 aromatic carbocycles. The van der Waals surface area contributed by atoms with E-state index in [1.807, 2.05) is 36.4 Å². The lowest BCUT2D eigenvalue weighted by Crippen LogP contribution is -2.58. The summed E-state index contributed by atoms with van der Waals surface area (Å²) in [7, 11) is 1.33. The smallest absolute Gasteiger partial charge is 0.407 e. The number of benzene rings is 2. The highest BCUT2D eigenvalue weighted by atomic mass is 16.5. The molecule has 4 rings (SSSR count). The van der Waals surface area contributed by atoms with Crippen LogP contribution in [0, 0.1) is 0 Å². The van der Waals surface area contributed by atoms with Crippen LogP contribution in [0.1, 0.15) is 36.8 Å². The van der Waals surface area contributed by atoms with Crippen molar-refractivity contribution >= 4 is 18.0 Å². The van der Waals surface area contributed by atoms with Crippen molar-refractivity contribution in [3.63, 3.8) is 0 Å². The van der Waals surface area contributed by atoms with E-state index in [1.54, 1.807) is 6.92 Å². The fourth-order valence-electron chi connectivity index (χ4n) is 4.79. The molecule has 2 amide bonds. The largest absolute Gasteiger partial charge is 0.479 e. The number of nitrogens with zero attached hydrogens (tertiary/aromatic N) is 1. The summed E-state index contributed by atoms with van der Waals surface area (Å²) in [6.07, 6.45) is 0.145. The van der Waals surface area contributed by atoms with Gasteiger partial charge in [-0.05, 0) is 42.0 Å². The van der Waals surface area contributed by atoms with Crippen LogP contribution in [0.5, 0.6) is 0 Å². The van der Waals surface area contributed by atoms with Crippen LogP contribution in [0.2, 0.25) is 0 Å². The second-order valence-corrected chi connectivity index (χ2v) is 8.56. The van der Waals surface area contributed by atoms with Gasteiger partial charge in [-0.1, -0.05) is 48.5 Å². The van der Waals surface area contributed by atoms with Crippen LogP contribution in [-0.2, 0) is 19.1 Å². The monoisotopic (exact) mass is 452 g/mol. The number of hydrogen-bond donors (Lipinski definition) is 2. The number of piperidine rings is 1. The zero-order chi connectivity index (χ0) is 23.6. The van der Waals surface area contributed by atoms with Crippen molar-refractivity contribution in [2.24, 2.45) is 0 Å². The van der Waals surface area contributed by atoms with Gasteiger partial charge in [0, 0.05) is 19.6 Å². The van der Waals surface area contributed by atoms with Gasteiger partial charge in [-0.25, -0.2) is 9.59 Å². The summed E-state index contributed by atoms with van der Waals surface area (Å²) < 4.78 is 10.7. The quantitative estimate of drug-likeness (QED) is 0.698. The first kappa shape index (κ1) is 22.8. The molecule has 1 heterocycles. The van der Waals surface area contributed by atoms with E-state index in [-0.39, 0.29) is 25.0 Å². The molecule has 174 valence electrons. The fraction of sp³-hybridized carbons (Fsp3) is 0.400. The lowest BCUT2D eigenvalue weighted by atomic mass is 9.92. The zero-order valence-electron chi connectivity index (χ0n) is 18.7. The lowest BCUT2D eigenvalue weighted by Gasteiger charge is -2.39. The second kappa shape index (κ2) is 9.23. The molecule has 2 aliphatic rings. The summed E-state index contributed by atoms with van der Waals surface area (Å²) in [6.45, 7) is 2.06. The topological polar surface area (TPSA) is 105 Å². The number of carbonyl (C=O) groups is 3. The van der Waals surface area contributed by atoms with E-state index < -0.39 is 23.7 Å². The lowest BCUT2D eigenvalue weighted by molar-refractivity contribution is -0.171. The third kappa shape index (κ3) is 4.30. The Morgan fingerprint density at radius 2 is 1.73 bits per heavy atom. The molecule has 0 radical (unpaired) electrons. The third-order valence-corrected chi connectivity index (χ3v) is 6.60. The van der Waals surface area contributed by atoms with Crippen LogP contribution in [0.4, 0.5) is 4.79 Å². The number of carboxylic acids is 1. The maximum atomic E-state index is 12.9. The van der Waals surface area contributed by atoms with E-state index in [4.69, 9.17) is 9.47 Å². The SMILES string of the molecule is COC1(C(=O)O)CCCN(C(=O)[C@@H](C)NC(=O)OCC2c3ccccc3-c3ccccc32)C1. The number of nitrogens with one attached hydrogen (secondary N) is 1. The molecule has 8 nitrogen and oxygen atoms in total. The van der Waals surface area contributed by atoms with Crippen molar-refractivity contribution in [2.45, 2.75) is 37.3 Å². The van der Waals surface area contributed by atoms with Crippen LogP contribution >= 0.6 is 0 Å². The van der Waals surface area contributed by atoms with Gasteiger partial charge in [0.2, 0.25) is 5.91 Å². The Morgan fingerprint density at radius 1 is 1.12 bits per heavy atom. The maximum absolute atomic E-state index is 12.9. The highest BCUT2D eigenvalue weighted by molar-refractivity contribution is 5.87. The molecule has 1 aliphatic heterocycles. The normalized spacial score (nSPS) is 20.5. The summed E-state index contributed by atoms with van der Waals surface area (Å²) in [5.41, 5.74) is 3.06. The van der Waals surface area contributed by atoms with Crippen LogP contribution in [0.25, 0.3) is 11.1 Å². The number of carboxylic acid groups (broad SMARTS) is 1. The van der Waals surface area contributed by atoms with Crippen LogP contribution in [0.15, 0.2) is 48.5 Å². The number of alkyl carbamates (subject to hydrolysis) is 1. The van der Waals surface area contributed by atoms with E-state index in [0.29, 0.717) is 19.4 Å². The molecule has 0 bridgehead atoms. The Bertz CT molecular complexity index is 1020. The first-order valence-electron chi connectivity index (χ1n) is 11.0. The molecular formula is C25H28N2O6. The molecule has 2 atom stereocenters. The highest BCUT2D eigenvalue weighted by Gasteiger charge is 2.44. The molecular weight excluding hydrogens is 424 g/mol. The molecule has 1 saturated heterocycles. The van der Waals surface area contributed by atoms with Crippen molar-refractivity contribution in [1.29, 1.82) is 0 Å². The molecule has 2 N–H and O–H groups in total. The van der Waals surface area contributed by atoms with Crippen molar-refractivity contribution in [3.8, 4) is 11.1 Å². The molecule has 1 aliphatic carbocycles. The Balaban J connectivity index is 1.37. The zero-order valence-corrected chi connectivity index (χ0v) is 18.7. The average Bonchev–Trinajstić information content (AvgIpc) is 3.15. The number of likely N-dealkylation sites (tertiary alicyclic amines) is 1.